The molecule has 7 heteroatoms. The fourth-order valence-electron chi connectivity index (χ4n) is 1.91. The van der Waals surface area contributed by atoms with Crippen LogP contribution in [0.1, 0.15) is 5.56 Å². The lowest BCUT2D eigenvalue weighted by Gasteiger charge is -2.17. The highest BCUT2D eigenvalue weighted by molar-refractivity contribution is 6.41. The molecular weight excluding hydrogens is 357 g/mol. The zero-order valence-electron chi connectivity index (χ0n) is 12.4. The fraction of sp³-hybridized carbons (Fsp3) is 0.188. The van der Waals surface area contributed by atoms with E-state index in [-0.39, 0.29) is 6.61 Å². The standard InChI is InChI=1S/C16H16Cl3N3O/c1-22(6-7-23)13-4-2-11(3-5-13)10-20-21-16-14(18)8-12(17)9-15(16)19/h2-5,8-10,21,23H,6-7H2,1H3/b20-10-. The molecular formula is C16H16Cl3N3O. The monoisotopic (exact) mass is 371 g/mol. The summed E-state index contributed by atoms with van der Waals surface area (Å²) in [5, 5.41) is 14.3. The van der Waals surface area contributed by atoms with Gasteiger partial charge in [-0.15, -0.1) is 0 Å². The fourth-order valence-corrected chi connectivity index (χ4v) is 2.82. The summed E-state index contributed by atoms with van der Waals surface area (Å²) in [6, 6.07) is 11.0. The van der Waals surface area contributed by atoms with Crippen LogP contribution in [0.25, 0.3) is 0 Å². The first kappa shape index (κ1) is 17.9. The average Bonchev–Trinajstić information content (AvgIpc) is 2.50. The minimum atomic E-state index is 0.117. The Morgan fingerprint density at radius 2 is 1.74 bits per heavy atom. The van der Waals surface area contributed by atoms with Crippen LogP contribution in [0.15, 0.2) is 41.5 Å². The number of hydrogen-bond donors (Lipinski definition) is 2. The number of nitrogens with one attached hydrogen (secondary N) is 1. The largest absolute Gasteiger partial charge is 0.395 e. The smallest absolute Gasteiger partial charge is 0.0935 e. The molecule has 2 aromatic rings. The van der Waals surface area contributed by atoms with Gasteiger partial charge in [0.1, 0.15) is 0 Å². The van der Waals surface area contributed by atoms with Crippen LogP contribution in [-0.4, -0.2) is 31.5 Å². The van der Waals surface area contributed by atoms with Crippen molar-refractivity contribution in [2.45, 2.75) is 0 Å². The molecule has 0 saturated heterocycles. The van der Waals surface area contributed by atoms with Crippen molar-refractivity contribution in [1.82, 2.24) is 0 Å². The number of halogens is 3. The van der Waals surface area contributed by atoms with Gasteiger partial charge in [-0.3, -0.25) is 5.43 Å². The SMILES string of the molecule is CN(CCO)c1ccc(/C=N\Nc2c(Cl)cc(Cl)cc2Cl)cc1. The Kier molecular flexibility index (Phi) is 6.54. The first-order valence-electron chi connectivity index (χ1n) is 6.87. The van der Waals surface area contributed by atoms with Crippen molar-refractivity contribution in [1.29, 1.82) is 0 Å². The maximum absolute atomic E-state index is 8.94. The molecule has 0 amide bonds. The summed E-state index contributed by atoms with van der Waals surface area (Å²) in [5.74, 6) is 0. The molecule has 2 rings (SSSR count). The Hall–Kier alpha value is -1.46. The topological polar surface area (TPSA) is 47.9 Å². The number of anilines is 2. The van der Waals surface area contributed by atoms with Crippen LogP contribution < -0.4 is 10.3 Å². The van der Waals surface area contributed by atoms with E-state index in [1.54, 1.807) is 18.3 Å². The van der Waals surface area contributed by atoms with E-state index in [0.29, 0.717) is 27.3 Å². The van der Waals surface area contributed by atoms with E-state index in [9.17, 15) is 0 Å². The van der Waals surface area contributed by atoms with E-state index in [1.165, 1.54) is 0 Å². The van der Waals surface area contributed by atoms with E-state index in [2.05, 4.69) is 10.5 Å². The molecule has 0 aromatic heterocycles. The lowest BCUT2D eigenvalue weighted by atomic mass is 10.2. The molecule has 0 unspecified atom stereocenters. The number of likely N-dealkylation sites (N-methyl/N-ethyl adjacent to an activating group) is 1. The third-order valence-corrected chi connectivity index (χ3v) is 3.98. The number of aliphatic hydroxyl groups excluding tert-OH is 1. The molecule has 2 N–H and O–H groups in total. The first-order valence-corrected chi connectivity index (χ1v) is 8.00. The maximum atomic E-state index is 8.94. The predicted octanol–water partition coefficient (Wildman–Crippen LogP) is 4.52. The lowest BCUT2D eigenvalue weighted by Crippen LogP contribution is -2.20. The summed E-state index contributed by atoms with van der Waals surface area (Å²) in [5.41, 5.74) is 5.26. The summed E-state index contributed by atoms with van der Waals surface area (Å²) >= 11 is 18.0. The van der Waals surface area contributed by atoms with Crippen molar-refractivity contribution in [3.63, 3.8) is 0 Å². The van der Waals surface area contributed by atoms with Crippen LogP contribution >= 0.6 is 34.8 Å². The molecule has 0 atom stereocenters. The minimum absolute atomic E-state index is 0.117. The van der Waals surface area contributed by atoms with Gasteiger partial charge in [0, 0.05) is 24.3 Å². The van der Waals surface area contributed by atoms with Crippen LogP contribution in [0.5, 0.6) is 0 Å². The Labute approximate surface area is 150 Å². The van der Waals surface area contributed by atoms with Gasteiger partial charge in [0.25, 0.3) is 0 Å². The summed E-state index contributed by atoms with van der Waals surface area (Å²) < 4.78 is 0. The van der Waals surface area contributed by atoms with Crippen molar-refractivity contribution >= 4 is 52.4 Å². The van der Waals surface area contributed by atoms with Crippen molar-refractivity contribution < 1.29 is 5.11 Å². The molecule has 2 aromatic carbocycles. The Bertz CT molecular complexity index is 666. The van der Waals surface area contributed by atoms with E-state index in [1.807, 2.05) is 36.2 Å². The molecule has 0 aliphatic heterocycles. The zero-order chi connectivity index (χ0) is 16.8. The second kappa shape index (κ2) is 8.41. The molecule has 0 saturated carbocycles. The quantitative estimate of drug-likeness (QED) is 0.579. The minimum Gasteiger partial charge on any atom is -0.395 e. The van der Waals surface area contributed by atoms with Gasteiger partial charge in [0.2, 0.25) is 0 Å². The van der Waals surface area contributed by atoms with Gasteiger partial charge in [-0.25, -0.2) is 0 Å². The van der Waals surface area contributed by atoms with Gasteiger partial charge in [-0.1, -0.05) is 46.9 Å². The number of hydrogen-bond acceptors (Lipinski definition) is 4. The molecule has 0 fully saturated rings. The second-order valence-corrected chi connectivity index (χ2v) is 6.10. The molecule has 4 nitrogen and oxygen atoms in total. The molecule has 23 heavy (non-hydrogen) atoms. The number of rotatable bonds is 6. The summed E-state index contributed by atoms with van der Waals surface area (Å²) in [6.07, 6.45) is 1.66. The summed E-state index contributed by atoms with van der Waals surface area (Å²) in [6.45, 7) is 0.703. The van der Waals surface area contributed by atoms with Gasteiger partial charge in [-0.2, -0.15) is 5.10 Å². The molecule has 0 aliphatic carbocycles. The van der Waals surface area contributed by atoms with Gasteiger partial charge < -0.3 is 10.0 Å². The number of benzene rings is 2. The Morgan fingerprint density at radius 1 is 1.13 bits per heavy atom. The van der Waals surface area contributed by atoms with Crippen LogP contribution in [0.3, 0.4) is 0 Å². The van der Waals surface area contributed by atoms with Crippen LogP contribution in [0.2, 0.25) is 15.1 Å². The zero-order valence-corrected chi connectivity index (χ0v) is 14.7. The van der Waals surface area contributed by atoms with Gasteiger partial charge in [-0.05, 0) is 29.8 Å². The van der Waals surface area contributed by atoms with E-state index >= 15 is 0 Å². The van der Waals surface area contributed by atoms with Crippen molar-refractivity contribution in [3.8, 4) is 0 Å². The van der Waals surface area contributed by atoms with Crippen molar-refractivity contribution in [2.24, 2.45) is 5.10 Å². The predicted molar refractivity (Wildman–Crippen MR) is 99.5 cm³/mol. The highest BCUT2D eigenvalue weighted by Gasteiger charge is 2.06. The van der Waals surface area contributed by atoms with E-state index < -0.39 is 0 Å². The normalized spacial score (nSPS) is 11.0. The van der Waals surface area contributed by atoms with Gasteiger partial charge >= 0.3 is 0 Å². The van der Waals surface area contributed by atoms with Gasteiger partial charge in [0.05, 0.1) is 28.6 Å². The molecule has 0 heterocycles. The molecule has 0 aliphatic rings. The summed E-state index contributed by atoms with van der Waals surface area (Å²) in [7, 11) is 1.92. The first-order chi connectivity index (χ1) is 11.0. The van der Waals surface area contributed by atoms with Crippen LogP contribution in [0.4, 0.5) is 11.4 Å². The van der Waals surface area contributed by atoms with Crippen LogP contribution in [0, 0.1) is 0 Å². The molecule has 0 bridgehead atoms. The van der Waals surface area contributed by atoms with E-state index in [0.717, 1.165) is 11.3 Å². The maximum Gasteiger partial charge on any atom is 0.0935 e. The third kappa shape index (κ3) is 5.01. The summed E-state index contributed by atoms with van der Waals surface area (Å²) in [4.78, 5) is 1.96. The Morgan fingerprint density at radius 3 is 2.30 bits per heavy atom. The molecule has 0 radical (unpaired) electrons. The molecule has 0 spiro atoms. The number of nitrogens with zero attached hydrogens (tertiary/aromatic N) is 2. The average molecular weight is 373 g/mol. The Balaban J connectivity index is 2.04. The number of aliphatic hydroxyl groups is 1. The highest BCUT2D eigenvalue weighted by Crippen LogP contribution is 2.33. The highest BCUT2D eigenvalue weighted by atomic mass is 35.5. The van der Waals surface area contributed by atoms with Crippen molar-refractivity contribution in [2.75, 3.05) is 30.5 Å². The lowest BCUT2D eigenvalue weighted by molar-refractivity contribution is 0.304. The third-order valence-electron chi connectivity index (χ3n) is 3.17. The van der Waals surface area contributed by atoms with Crippen molar-refractivity contribution in [3.05, 3.63) is 57.0 Å². The second-order valence-electron chi connectivity index (χ2n) is 4.85. The van der Waals surface area contributed by atoms with Gasteiger partial charge in [0.15, 0.2) is 0 Å². The van der Waals surface area contributed by atoms with Crippen LogP contribution in [-0.2, 0) is 0 Å². The van der Waals surface area contributed by atoms with E-state index in [4.69, 9.17) is 39.9 Å². The molecule has 122 valence electrons. The number of hydrazone groups is 1.